The first-order valence-corrected chi connectivity index (χ1v) is 7.95. The van der Waals surface area contributed by atoms with Gasteiger partial charge < -0.3 is 4.74 Å². The van der Waals surface area contributed by atoms with Crippen LogP contribution in [0.15, 0.2) is 28.6 Å². The third-order valence-corrected chi connectivity index (χ3v) is 5.39. The van der Waals surface area contributed by atoms with Crippen molar-refractivity contribution in [1.82, 2.24) is 4.98 Å². The molecule has 0 spiro atoms. The van der Waals surface area contributed by atoms with E-state index in [1.165, 1.54) is 31.5 Å². The van der Waals surface area contributed by atoms with Gasteiger partial charge in [0.25, 0.3) is 10.0 Å². The summed E-state index contributed by atoms with van der Waals surface area (Å²) >= 11 is 12.3. The summed E-state index contributed by atoms with van der Waals surface area (Å²) in [5.74, 6) is 0.379. The van der Waals surface area contributed by atoms with Crippen LogP contribution < -0.4 is 9.46 Å². The van der Waals surface area contributed by atoms with E-state index in [-0.39, 0.29) is 8.68 Å². The number of methoxy groups -OCH3 is 1. The molecular formula is C10H8Cl2N2O3S2. The first kappa shape index (κ1) is 14.4. The molecule has 0 amide bonds. The number of aromatic nitrogens is 1. The van der Waals surface area contributed by atoms with Crippen molar-refractivity contribution in [3.8, 4) is 5.75 Å². The van der Waals surface area contributed by atoms with E-state index < -0.39 is 10.0 Å². The lowest BCUT2D eigenvalue weighted by atomic mass is 10.3. The van der Waals surface area contributed by atoms with Gasteiger partial charge in [-0.05, 0) is 12.1 Å². The molecule has 1 aromatic carbocycles. The second-order valence-corrected chi connectivity index (χ2v) is 7.32. The van der Waals surface area contributed by atoms with Gasteiger partial charge >= 0.3 is 0 Å². The molecule has 5 nitrogen and oxygen atoms in total. The summed E-state index contributed by atoms with van der Waals surface area (Å²) in [5.41, 5.74) is 0.339. The molecule has 19 heavy (non-hydrogen) atoms. The summed E-state index contributed by atoms with van der Waals surface area (Å²) in [6.07, 6.45) is 1.20. The second kappa shape index (κ2) is 5.54. The lowest BCUT2D eigenvalue weighted by Gasteiger charge is -2.08. The average molecular weight is 339 g/mol. The van der Waals surface area contributed by atoms with Crippen molar-refractivity contribution in [2.45, 2.75) is 4.21 Å². The van der Waals surface area contributed by atoms with E-state index >= 15 is 0 Å². The van der Waals surface area contributed by atoms with Gasteiger partial charge in [0.2, 0.25) is 0 Å². The van der Waals surface area contributed by atoms with Gasteiger partial charge in [0.05, 0.1) is 24.0 Å². The van der Waals surface area contributed by atoms with E-state index in [1.54, 1.807) is 0 Å². The number of hydrogen-bond acceptors (Lipinski definition) is 5. The Hall–Kier alpha value is -1.02. The molecule has 2 aromatic rings. The van der Waals surface area contributed by atoms with Crippen LogP contribution in [0.3, 0.4) is 0 Å². The minimum atomic E-state index is -3.71. The summed E-state index contributed by atoms with van der Waals surface area (Å²) in [5, 5.41) is 0.395. The summed E-state index contributed by atoms with van der Waals surface area (Å²) in [6.45, 7) is 0. The molecule has 0 radical (unpaired) electrons. The zero-order chi connectivity index (χ0) is 14.0. The third-order valence-electron chi connectivity index (χ3n) is 2.12. The Morgan fingerprint density at radius 3 is 2.68 bits per heavy atom. The average Bonchev–Trinajstić information content (AvgIpc) is 2.79. The van der Waals surface area contributed by atoms with Crippen LogP contribution in [0.1, 0.15) is 0 Å². The largest absolute Gasteiger partial charge is 0.495 e. The molecule has 0 saturated heterocycles. The number of hydrogen-bond donors (Lipinski definition) is 1. The summed E-state index contributed by atoms with van der Waals surface area (Å²) in [6, 6.07) is 4.56. The highest BCUT2D eigenvalue weighted by atomic mass is 35.5. The maximum atomic E-state index is 12.0. The summed E-state index contributed by atoms with van der Waals surface area (Å²) < 4.78 is 31.7. The van der Waals surface area contributed by atoms with Crippen LogP contribution in [0.2, 0.25) is 9.49 Å². The fourth-order valence-electron chi connectivity index (χ4n) is 1.29. The van der Waals surface area contributed by atoms with Crippen molar-refractivity contribution < 1.29 is 13.2 Å². The fraction of sp³-hybridized carbons (Fsp3) is 0.100. The molecular weight excluding hydrogens is 331 g/mol. The predicted molar refractivity (Wildman–Crippen MR) is 75.9 cm³/mol. The topological polar surface area (TPSA) is 68.3 Å². The van der Waals surface area contributed by atoms with Crippen LogP contribution in [-0.4, -0.2) is 20.5 Å². The SMILES string of the molecule is COc1cc(NS(=O)(=O)c2cnc(Cl)s2)ccc1Cl. The van der Waals surface area contributed by atoms with Gasteiger partial charge in [-0.1, -0.05) is 34.5 Å². The molecule has 0 unspecified atom stereocenters. The number of anilines is 1. The molecule has 2 rings (SSSR count). The second-order valence-electron chi connectivity index (χ2n) is 3.39. The van der Waals surface area contributed by atoms with Gasteiger partial charge in [-0.3, -0.25) is 4.72 Å². The quantitative estimate of drug-likeness (QED) is 0.928. The summed E-state index contributed by atoms with van der Waals surface area (Å²) in [4.78, 5) is 3.69. The van der Waals surface area contributed by atoms with Gasteiger partial charge in [0.15, 0.2) is 8.68 Å². The zero-order valence-electron chi connectivity index (χ0n) is 9.55. The number of nitrogens with zero attached hydrogens (tertiary/aromatic N) is 1. The Morgan fingerprint density at radius 1 is 1.37 bits per heavy atom. The van der Waals surface area contributed by atoms with Gasteiger partial charge in [-0.25, -0.2) is 13.4 Å². The van der Waals surface area contributed by atoms with E-state index in [1.807, 2.05) is 0 Å². The Labute approximate surface area is 124 Å². The molecule has 0 saturated carbocycles. The lowest BCUT2D eigenvalue weighted by Crippen LogP contribution is -2.11. The molecule has 0 atom stereocenters. The summed E-state index contributed by atoms with van der Waals surface area (Å²) in [7, 11) is -2.26. The van der Waals surface area contributed by atoms with E-state index in [2.05, 4.69) is 9.71 Å². The number of thiazole rings is 1. The number of halogens is 2. The van der Waals surface area contributed by atoms with Crippen LogP contribution in [0.25, 0.3) is 0 Å². The Kier molecular flexibility index (Phi) is 4.19. The molecule has 1 N–H and O–H groups in total. The standard InChI is InChI=1S/C10H8Cl2N2O3S2/c1-17-8-4-6(2-3-7(8)11)14-19(15,16)9-5-13-10(12)18-9/h2-5,14H,1H3. The Balaban J connectivity index is 2.30. The van der Waals surface area contributed by atoms with Crippen molar-refractivity contribution in [3.63, 3.8) is 0 Å². The maximum Gasteiger partial charge on any atom is 0.273 e. The molecule has 1 heterocycles. The number of sulfonamides is 1. The minimum absolute atomic E-state index is 0.0337. The van der Waals surface area contributed by atoms with Gasteiger partial charge in [-0.15, -0.1) is 0 Å². The molecule has 1 aromatic heterocycles. The van der Waals surface area contributed by atoms with Crippen molar-refractivity contribution >= 4 is 50.2 Å². The van der Waals surface area contributed by atoms with Crippen LogP contribution >= 0.6 is 34.5 Å². The maximum absolute atomic E-state index is 12.0. The molecule has 0 aliphatic carbocycles. The van der Waals surface area contributed by atoms with E-state index in [0.29, 0.717) is 16.5 Å². The highest BCUT2D eigenvalue weighted by molar-refractivity contribution is 7.94. The fourth-order valence-corrected chi connectivity index (χ4v) is 3.83. The smallest absolute Gasteiger partial charge is 0.273 e. The predicted octanol–water partition coefficient (Wildman–Crippen LogP) is 3.26. The minimum Gasteiger partial charge on any atom is -0.495 e. The highest BCUT2D eigenvalue weighted by Gasteiger charge is 2.18. The first-order valence-electron chi connectivity index (χ1n) is 4.90. The van der Waals surface area contributed by atoms with Crippen LogP contribution in [-0.2, 0) is 10.0 Å². The van der Waals surface area contributed by atoms with Gasteiger partial charge in [-0.2, -0.15) is 0 Å². The normalized spacial score (nSPS) is 11.3. The van der Waals surface area contributed by atoms with Crippen molar-refractivity contribution in [3.05, 3.63) is 33.9 Å². The van der Waals surface area contributed by atoms with E-state index in [0.717, 1.165) is 11.3 Å². The van der Waals surface area contributed by atoms with Crippen LogP contribution in [0, 0.1) is 0 Å². The van der Waals surface area contributed by atoms with Gasteiger partial charge in [0, 0.05) is 6.07 Å². The first-order chi connectivity index (χ1) is 8.92. The molecule has 102 valence electrons. The molecule has 0 aliphatic heterocycles. The highest BCUT2D eigenvalue weighted by Crippen LogP contribution is 2.30. The lowest BCUT2D eigenvalue weighted by molar-refractivity contribution is 0.415. The van der Waals surface area contributed by atoms with Crippen LogP contribution in [0.4, 0.5) is 5.69 Å². The van der Waals surface area contributed by atoms with Crippen molar-refractivity contribution in [2.24, 2.45) is 0 Å². The number of ether oxygens (including phenoxy) is 1. The number of rotatable bonds is 4. The Morgan fingerprint density at radius 2 is 2.11 bits per heavy atom. The molecule has 0 bridgehead atoms. The molecule has 0 fully saturated rings. The monoisotopic (exact) mass is 338 g/mol. The Bertz CT molecular complexity index is 701. The van der Waals surface area contributed by atoms with Crippen molar-refractivity contribution in [1.29, 1.82) is 0 Å². The van der Waals surface area contributed by atoms with Crippen LogP contribution in [0.5, 0.6) is 5.75 Å². The van der Waals surface area contributed by atoms with E-state index in [9.17, 15) is 8.42 Å². The number of benzene rings is 1. The molecule has 0 aliphatic rings. The van der Waals surface area contributed by atoms with Gasteiger partial charge in [0.1, 0.15) is 5.75 Å². The molecule has 9 heteroatoms. The number of nitrogens with one attached hydrogen (secondary N) is 1. The van der Waals surface area contributed by atoms with Crippen molar-refractivity contribution in [2.75, 3.05) is 11.8 Å². The third kappa shape index (κ3) is 3.30. The zero-order valence-corrected chi connectivity index (χ0v) is 12.7. The van der Waals surface area contributed by atoms with E-state index in [4.69, 9.17) is 27.9 Å².